The van der Waals surface area contributed by atoms with Crippen molar-refractivity contribution in [3.63, 3.8) is 0 Å². The maximum atomic E-state index is 9.80. The van der Waals surface area contributed by atoms with Crippen LogP contribution in [0.2, 0.25) is 0 Å². The number of hydrogen-bond acceptors (Lipinski definition) is 5. The van der Waals surface area contributed by atoms with Crippen LogP contribution >= 0.6 is 0 Å². The van der Waals surface area contributed by atoms with E-state index < -0.39 is 6.10 Å². The van der Waals surface area contributed by atoms with Crippen LogP contribution in [0, 0.1) is 5.92 Å². The first-order valence-corrected chi connectivity index (χ1v) is 7.41. The lowest BCUT2D eigenvalue weighted by Gasteiger charge is -2.31. The first-order chi connectivity index (χ1) is 9.27. The molecule has 1 fully saturated rings. The molecule has 0 aromatic heterocycles. The summed E-state index contributed by atoms with van der Waals surface area (Å²) in [5.41, 5.74) is 2.72. The van der Waals surface area contributed by atoms with Gasteiger partial charge in [-0.15, -0.1) is 0 Å². The van der Waals surface area contributed by atoms with Gasteiger partial charge in [0.2, 0.25) is 0 Å². The summed E-state index contributed by atoms with van der Waals surface area (Å²) in [5, 5.41) is 9.80. The summed E-state index contributed by atoms with van der Waals surface area (Å²) in [7, 11) is 1.63. The van der Waals surface area contributed by atoms with E-state index in [9.17, 15) is 5.11 Å². The van der Waals surface area contributed by atoms with Crippen LogP contribution in [-0.4, -0.2) is 50.8 Å². The largest absolute Gasteiger partial charge is 0.389 e. The Labute approximate surface area is 116 Å². The van der Waals surface area contributed by atoms with Gasteiger partial charge in [-0.3, -0.25) is 4.84 Å². The van der Waals surface area contributed by atoms with E-state index in [1.54, 1.807) is 7.11 Å². The highest BCUT2D eigenvalue weighted by atomic mass is 16.7. The summed E-state index contributed by atoms with van der Waals surface area (Å²) in [6.07, 6.45) is 5.91. The highest BCUT2D eigenvalue weighted by Gasteiger charge is 2.24. The van der Waals surface area contributed by atoms with Crippen LogP contribution in [0.4, 0.5) is 0 Å². The Morgan fingerprint density at radius 2 is 2.05 bits per heavy atom. The van der Waals surface area contributed by atoms with Crippen molar-refractivity contribution < 1.29 is 19.4 Å². The average Bonchev–Trinajstić information content (AvgIpc) is 2.45. The van der Waals surface area contributed by atoms with Gasteiger partial charge in [0, 0.05) is 13.7 Å². The first kappa shape index (κ1) is 16.9. The van der Waals surface area contributed by atoms with Crippen LogP contribution in [0.25, 0.3) is 0 Å². The number of hydroxylamine groups is 1. The summed E-state index contributed by atoms with van der Waals surface area (Å²) < 4.78 is 10.7. The molecule has 0 bridgehead atoms. The molecule has 0 amide bonds. The SMILES string of the molecule is CCC1CCCCC1OCC(O)CNOCCOC. The Morgan fingerprint density at radius 1 is 1.26 bits per heavy atom. The molecular weight excluding hydrogens is 246 g/mol. The van der Waals surface area contributed by atoms with Crippen LogP contribution < -0.4 is 5.48 Å². The molecule has 3 atom stereocenters. The molecule has 1 aliphatic rings. The smallest absolute Gasteiger partial charge is 0.0921 e. The molecule has 0 saturated heterocycles. The Hall–Kier alpha value is -0.200. The quantitative estimate of drug-likeness (QED) is 0.467. The van der Waals surface area contributed by atoms with Crippen molar-refractivity contribution in [2.75, 3.05) is 33.5 Å². The molecule has 0 heterocycles. The van der Waals surface area contributed by atoms with Crippen LogP contribution in [0.15, 0.2) is 0 Å². The van der Waals surface area contributed by atoms with Crippen LogP contribution in [-0.2, 0) is 14.3 Å². The molecule has 2 N–H and O–H groups in total. The van der Waals surface area contributed by atoms with Crippen molar-refractivity contribution in [3.05, 3.63) is 0 Å². The van der Waals surface area contributed by atoms with E-state index in [1.165, 1.54) is 25.7 Å². The van der Waals surface area contributed by atoms with Gasteiger partial charge in [0.1, 0.15) is 0 Å². The third-order valence-electron chi connectivity index (χ3n) is 3.68. The van der Waals surface area contributed by atoms with Crippen LogP contribution in [0.1, 0.15) is 39.0 Å². The van der Waals surface area contributed by atoms with E-state index in [0.717, 1.165) is 6.42 Å². The molecule has 1 saturated carbocycles. The topological polar surface area (TPSA) is 60.0 Å². The minimum absolute atomic E-state index is 0.322. The molecular formula is C14H29NO4. The highest BCUT2D eigenvalue weighted by molar-refractivity contribution is 4.75. The number of ether oxygens (including phenoxy) is 2. The first-order valence-electron chi connectivity index (χ1n) is 7.41. The molecule has 3 unspecified atom stereocenters. The lowest BCUT2D eigenvalue weighted by Crippen LogP contribution is -2.35. The van der Waals surface area contributed by atoms with E-state index in [-0.39, 0.29) is 0 Å². The predicted molar refractivity (Wildman–Crippen MR) is 73.8 cm³/mol. The van der Waals surface area contributed by atoms with Gasteiger partial charge in [-0.25, -0.2) is 0 Å². The van der Waals surface area contributed by atoms with Crippen LogP contribution in [0.3, 0.4) is 0 Å². The normalized spacial score (nSPS) is 25.4. The molecule has 0 aromatic carbocycles. The summed E-state index contributed by atoms with van der Waals surface area (Å²) in [5.74, 6) is 0.659. The van der Waals surface area contributed by atoms with E-state index >= 15 is 0 Å². The minimum Gasteiger partial charge on any atom is -0.389 e. The predicted octanol–water partition coefficient (Wildman–Crippen LogP) is 1.50. The number of methoxy groups -OCH3 is 1. The van der Waals surface area contributed by atoms with Gasteiger partial charge < -0.3 is 14.6 Å². The molecule has 0 spiro atoms. The zero-order valence-corrected chi connectivity index (χ0v) is 12.3. The van der Waals surface area contributed by atoms with Crippen molar-refractivity contribution >= 4 is 0 Å². The molecule has 1 aliphatic carbocycles. The average molecular weight is 275 g/mol. The van der Waals surface area contributed by atoms with Crippen molar-refractivity contribution in [3.8, 4) is 0 Å². The molecule has 0 aliphatic heterocycles. The van der Waals surface area contributed by atoms with Gasteiger partial charge in [-0.05, 0) is 18.8 Å². The zero-order chi connectivity index (χ0) is 13.9. The van der Waals surface area contributed by atoms with E-state index in [4.69, 9.17) is 14.3 Å². The van der Waals surface area contributed by atoms with Crippen molar-refractivity contribution in [1.29, 1.82) is 0 Å². The van der Waals surface area contributed by atoms with E-state index in [2.05, 4.69) is 12.4 Å². The lowest BCUT2D eigenvalue weighted by molar-refractivity contribution is -0.0663. The van der Waals surface area contributed by atoms with Crippen molar-refractivity contribution in [1.82, 2.24) is 5.48 Å². The molecule has 19 heavy (non-hydrogen) atoms. The fourth-order valence-electron chi connectivity index (χ4n) is 2.51. The van der Waals surface area contributed by atoms with Crippen LogP contribution in [0.5, 0.6) is 0 Å². The maximum absolute atomic E-state index is 9.80. The van der Waals surface area contributed by atoms with Gasteiger partial charge in [0.05, 0.1) is 32.0 Å². The number of rotatable bonds is 10. The van der Waals surface area contributed by atoms with Gasteiger partial charge in [-0.1, -0.05) is 26.2 Å². The molecule has 114 valence electrons. The molecule has 1 rings (SSSR count). The van der Waals surface area contributed by atoms with E-state index in [0.29, 0.717) is 38.4 Å². The highest BCUT2D eigenvalue weighted by Crippen LogP contribution is 2.29. The van der Waals surface area contributed by atoms with Gasteiger partial charge in [0.25, 0.3) is 0 Å². The van der Waals surface area contributed by atoms with Crippen molar-refractivity contribution in [2.45, 2.75) is 51.2 Å². The summed E-state index contributed by atoms with van der Waals surface area (Å²) in [6, 6.07) is 0. The fourth-order valence-corrected chi connectivity index (χ4v) is 2.51. The zero-order valence-electron chi connectivity index (χ0n) is 12.3. The van der Waals surface area contributed by atoms with Gasteiger partial charge >= 0.3 is 0 Å². The van der Waals surface area contributed by atoms with Gasteiger partial charge in [0.15, 0.2) is 0 Å². The second-order valence-electron chi connectivity index (χ2n) is 5.17. The molecule has 5 heteroatoms. The summed E-state index contributed by atoms with van der Waals surface area (Å²) in [6.45, 7) is 3.99. The third-order valence-corrected chi connectivity index (χ3v) is 3.68. The Morgan fingerprint density at radius 3 is 2.79 bits per heavy atom. The minimum atomic E-state index is -0.526. The Kier molecular flexibility index (Phi) is 9.38. The molecule has 0 aromatic rings. The van der Waals surface area contributed by atoms with Crippen molar-refractivity contribution in [2.24, 2.45) is 5.92 Å². The summed E-state index contributed by atoms with van der Waals surface area (Å²) in [4.78, 5) is 5.09. The second-order valence-corrected chi connectivity index (χ2v) is 5.17. The van der Waals surface area contributed by atoms with Gasteiger partial charge in [-0.2, -0.15) is 5.48 Å². The third kappa shape index (κ3) is 7.22. The fraction of sp³-hybridized carbons (Fsp3) is 1.00. The standard InChI is InChI=1S/C14H29NO4/c1-3-12-6-4-5-7-14(12)18-11-13(16)10-15-19-9-8-17-2/h12-16H,3-11H2,1-2H3. The number of aliphatic hydroxyl groups is 1. The second kappa shape index (κ2) is 10.6. The number of aliphatic hydroxyl groups excluding tert-OH is 1. The maximum Gasteiger partial charge on any atom is 0.0921 e. The Bertz CT molecular complexity index is 216. The lowest BCUT2D eigenvalue weighted by atomic mass is 9.85. The summed E-state index contributed by atoms with van der Waals surface area (Å²) >= 11 is 0. The van der Waals surface area contributed by atoms with E-state index in [1.807, 2.05) is 0 Å². The molecule has 0 radical (unpaired) electrons. The molecule has 5 nitrogen and oxygen atoms in total. The number of hydrogen-bond donors (Lipinski definition) is 2. The monoisotopic (exact) mass is 275 g/mol. The number of nitrogens with one attached hydrogen (secondary N) is 1. The Balaban J connectivity index is 2.06.